The van der Waals surface area contributed by atoms with Gasteiger partial charge in [0.2, 0.25) is 0 Å². The highest BCUT2D eigenvalue weighted by atomic mass is 16.7. The molecule has 2 unspecified atom stereocenters. The van der Waals surface area contributed by atoms with E-state index >= 15 is 0 Å². The number of hydrogen-bond acceptors (Lipinski definition) is 6. The van der Waals surface area contributed by atoms with Crippen molar-refractivity contribution < 1.29 is 25.0 Å². The highest BCUT2D eigenvalue weighted by Gasteiger charge is 2.20. The summed E-state index contributed by atoms with van der Waals surface area (Å²) < 4.78 is 0. The minimum Gasteiger partial charge on any atom is -0.393 e. The number of hydroxylamine groups is 2. The Bertz CT molecular complexity index is 390. The zero-order valence-corrected chi connectivity index (χ0v) is 18.2. The van der Waals surface area contributed by atoms with Crippen LogP contribution in [0, 0.1) is 0 Å². The van der Waals surface area contributed by atoms with Crippen LogP contribution in [0.2, 0.25) is 0 Å². The average Bonchev–Trinajstić information content (AvgIpc) is 2.64. The highest BCUT2D eigenvalue weighted by Crippen LogP contribution is 2.11. The fraction of sp³-hybridized carbons (Fsp3) is 0.864. The Morgan fingerprint density at radius 2 is 1.50 bits per heavy atom. The van der Waals surface area contributed by atoms with Crippen LogP contribution in [0.5, 0.6) is 0 Å². The van der Waals surface area contributed by atoms with Crippen LogP contribution in [0.25, 0.3) is 0 Å². The Morgan fingerprint density at radius 3 is 2.14 bits per heavy atom. The molecular weight excluding hydrogens is 358 g/mol. The lowest BCUT2D eigenvalue weighted by molar-refractivity contribution is -0.276. The van der Waals surface area contributed by atoms with Crippen molar-refractivity contribution in [2.75, 3.05) is 0 Å². The normalized spacial score (nSPS) is 15.1. The maximum atomic E-state index is 11.7. The maximum Gasteiger partial charge on any atom is 0.325 e. The van der Waals surface area contributed by atoms with E-state index in [-0.39, 0.29) is 12.5 Å². The van der Waals surface area contributed by atoms with Crippen molar-refractivity contribution in [3.63, 3.8) is 0 Å². The number of carbonyl (C=O) groups is 1. The van der Waals surface area contributed by atoms with E-state index in [1.807, 2.05) is 0 Å². The van der Waals surface area contributed by atoms with Gasteiger partial charge in [-0.05, 0) is 46.0 Å². The summed E-state index contributed by atoms with van der Waals surface area (Å²) in [7, 11) is 0. The molecule has 0 saturated heterocycles. The topological polar surface area (TPSA) is 90.2 Å². The summed E-state index contributed by atoms with van der Waals surface area (Å²) in [6.07, 6.45) is 14.8. The molecule has 0 aromatic rings. The van der Waals surface area contributed by atoms with Gasteiger partial charge < -0.3 is 20.2 Å². The molecule has 6 nitrogen and oxygen atoms in total. The van der Waals surface area contributed by atoms with Crippen LogP contribution in [-0.4, -0.2) is 44.9 Å². The fourth-order valence-corrected chi connectivity index (χ4v) is 2.99. The van der Waals surface area contributed by atoms with Gasteiger partial charge in [0.05, 0.1) is 6.10 Å². The predicted octanol–water partition coefficient (Wildman–Crippen LogP) is 4.43. The predicted molar refractivity (Wildman–Crippen MR) is 112 cm³/mol. The quantitative estimate of drug-likeness (QED) is 0.136. The summed E-state index contributed by atoms with van der Waals surface area (Å²) in [6, 6.07) is 0. The van der Waals surface area contributed by atoms with Gasteiger partial charge in [-0.25, -0.2) is 0 Å². The van der Waals surface area contributed by atoms with Gasteiger partial charge in [0, 0.05) is 6.42 Å². The minimum absolute atomic E-state index is 0.202. The van der Waals surface area contributed by atoms with Crippen molar-refractivity contribution >= 4 is 5.97 Å². The van der Waals surface area contributed by atoms with Gasteiger partial charge in [-0.2, -0.15) is 0 Å². The third kappa shape index (κ3) is 16.0. The highest BCUT2D eigenvalue weighted by molar-refractivity contribution is 5.68. The summed E-state index contributed by atoms with van der Waals surface area (Å²) in [6.45, 7) is 5.06. The van der Waals surface area contributed by atoms with Crippen LogP contribution in [0.15, 0.2) is 12.2 Å². The molecule has 166 valence electrons. The zero-order valence-electron chi connectivity index (χ0n) is 18.2. The first-order chi connectivity index (χ1) is 13.4. The van der Waals surface area contributed by atoms with E-state index in [1.165, 1.54) is 33.1 Å². The molecule has 0 rings (SSSR count). The van der Waals surface area contributed by atoms with E-state index in [9.17, 15) is 20.1 Å². The third-order valence-corrected chi connectivity index (χ3v) is 4.66. The van der Waals surface area contributed by atoms with Crippen LogP contribution >= 0.6 is 0 Å². The summed E-state index contributed by atoms with van der Waals surface area (Å²) in [5, 5.41) is 29.6. The number of allylic oxidation sites excluding steroid dienone is 1. The molecule has 0 heterocycles. The number of aliphatic hydroxyl groups excluding tert-OH is 3. The first-order valence-electron chi connectivity index (χ1n) is 11.1. The first-order valence-corrected chi connectivity index (χ1v) is 11.1. The summed E-state index contributed by atoms with van der Waals surface area (Å²) in [5.74, 6) is -0.432. The molecule has 3 N–H and O–H groups in total. The van der Waals surface area contributed by atoms with E-state index in [0.717, 1.165) is 62.9 Å². The molecular formula is C22H43NO5. The largest absolute Gasteiger partial charge is 0.393 e. The molecule has 0 aliphatic heterocycles. The molecule has 0 spiro atoms. The van der Waals surface area contributed by atoms with Gasteiger partial charge in [-0.1, -0.05) is 69.1 Å². The molecule has 28 heavy (non-hydrogen) atoms. The van der Waals surface area contributed by atoms with Crippen LogP contribution < -0.4 is 0 Å². The number of hydrogen-bond donors (Lipinski definition) is 3. The summed E-state index contributed by atoms with van der Waals surface area (Å²) in [5.41, 5.74) is 0. The number of carbonyl (C=O) groups excluding carboxylic acids is 1. The SMILES string of the molecule is CCCCCC[C@@H](O)C/C=C\CCCCCCCC(=O)ON(C(C)O)C(C)O. The third-order valence-electron chi connectivity index (χ3n) is 4.66. The van der Waals surface area contributed by atoms with Crippen molar-refractivity contribution in [1.29, 1.82) is 0 Å². The van der Waals surface area contributed by atoms with Gasteiger partial charge in [0.15, 0.2) is 0 Å². The second-order valence-electron chi connectivity index (χ2n) is 7.60. The number of nitrogens with zero attached hydrogens (tertiary/aromatic N) is 1. The second-order valence-corrected chi connectivity index (χ2v) is 7.60. The van der Waals surface area contributed by atoms with E-state index in [1.54, 1.807) is 0 Å². The van der Waals surface area contributed by atoms with Crippen LogP contribution in [0.3, 0.4) is 0 Å². The minimum atomic E-state index is -1.04. The van der Waals surface area contributed by atoms with E-state index in [0.29, 0.717) is 0 Å². The van der Waals surface area contributed by atoms with Gasteiger partial charge in [0.1, 0.15) is 12.5 Å². The molecule has 0 saturated carbocycles. The Morgan fingerprint density at radius 1 is 0.893 bits per heavy atom. The number of aliphatic hydroxyl groups is 3. The Hall–Kier alpha value is -0.950. The standard InChI is InChI=1S/C22H43NO5/c1-4-5-6-13-16-21(26)17-14-11-9-7-8-10-12-15-18-22(27)28-23(19(2)24)20(3)25/h11,14,19-21,24-26H,4-10,12-13,15-18H2,1-3H3/b14-11-/t19?,20?,21-/m1/s1. The van der Waals surface area contributed by atoms with Gasteiger partial charge in [0.25, 0.3) is 0 Å². The van der Waals surface area contributed by atoms with Crippen molar-refractivity contribution in [3.05, 3.63) is 12.2 Å². The summed E-state index contributed by atoms with van der Waals surface area (Å²) >= 11 is 0. The van der Waals surface area contributed by atoms with Crippen molar-refractivity contribution in [2.24, 2.45) is 0 Å². The smallest absolute Gasteiger partial charge is 0.325 e. The zero-order chi connectivity index (χ0) is 21.2. The average molecular weight is 402 g/mol. The molecule has 0 fully saturated rings. The Labute approximate surface area is 171 Å². The van der Waals surface area contributed by atoms with Crippen LogP contribution in [0.1, 0.15) is 104 Å². The van der Waals surface area contributed by atoms with Crippen molar-refractivity contribution in [3.8, 4) is 0 Å². The lowest BCUT2D eigenvalue weighted by atomic mass is 10.1. The van der Waals surface area contributed by atoms with E-state index in [2.05, 4.69) is 19.1 Å². The molecule has 6 heteroatoms. The summed E-state index contributed by atoms with van der Waals surface area (Å²) in [4.78, 5) is 16.7. The molecule has 3 atom stereocenters. The fourth-order valence-electron chi connectivity index (χ4n) is 2.99. The second kappa shape index (κ2) is 18.1. The van der Waals surface area contributed by atoms with Crippen molar-refractivity contribution in [2.45, 2.75) is 123 Å². The monoisotopic (exact) mass is 401 g/mol. The van der Waals surface area contributed by atoms with Crippen LogP contribution in [0.4, 0.5) is 0 Å². The lowest BCUT2D eigenvalue weighted by Gasteiger charge is -2.25. The molecule has 0 bridgehead atoms. The molecule has 0 amide bonds. The molecule has 0 radical (unpaired) electrons. The lowest BCUT2D eigenvalue weighted by Crippen LogP contribution is -2.41. The van der Waals surface area contributed by atoms with E-state index < -0.39 is 18.4 Å². The van der Waals surface area contributed by atoms with Gasteiger partial charge in [-0.15, -0.1) is 0 Å². The maximum absolute atomic E-state index is 11.7. The number of unbranched alkanes of at least 4 members (excludes halogenated alkanes) is 8. The van der Waals surface area contributed by atoms with Crippen LogP contribution in [-0.2, 0) is 9.63 Å². The molecule has 0 aliphatic rings. The first kappa shape index (κ1) is 27.0. The number of rotatable bonds is 18. The van der Waals surface area contributed by atoms with Gasteiger partial charge >= 0.3 is 5.97 Å². The van der Waals surface area contributed by atoms with Gasteiger partial charge in [-0.3, -0.25) is 4.79 Å². The molecule has 0 aromatic carbocycles. The van der Waals surface area contributed by atoms with Crippen molar-refractivity contribution in [1.82, 2.24) is 5.06 Å². The Kier molecular flexibility index (Phi) is 17.5. The molecule has 0 aliphatic carbocycles. The molecule has 0 aromatic heterocycles. The van der Waals surface area contributed by atoms with E-state index in [4.69, 9.17) is 4.84 Å². The Balaban J connectivity index is 3.55.